The molecule has 0 unspecified atom stereocenters. The quantitative estimate of drug-likeness (QED) is 0.621. The first-order chi connectivity index (χ1) is 5.77. The van der Waals surface area contributed by atoms with Gasteiger partial charge in [0.05, 0.1) is 5.82 Å². The summed E-state index contributed by atoms with van der Waals surface area (Å²) in [6.45, 7) is 0.915. The Morgan fingerprint density at radius 2 is 2.08 bits per heavy atom. The van der Waals surface area contributed by atoms with E-state index in [0.29, 0.717) is 0 Å². The first-order valence-electron chi connectivity index (χ1n) is 4.03. The minimum atomic E-state index is 0.841. The van der Waals surface area contributed by atoms with Crippen molar-refractivity contribution in [2.75, 3.05) is 7.05 Å². The molecule has 2 N–H and O–H groups in total. The van der Waals surface area contributed by atoms with Crippen LogP contribution < -0.4 is 5.73 Å². The highest BCUT2D eigenvalue weighted by Crippen LogP contribution is 2.19. The molecular formula is C10H12N2. The molecule has 0 amide bonds. The number of hydrogen-bond acceptors (Lipinski definition) is 2. The van der Waals surface area contributed by atoms with E-state index in [-0.39, 0.29) is 0 Å². The Labute approximate surface area is 72.3 Å². The SMILES string of the molecule is CN1Cc2ccccc2C=C1N. The zero-order valence-corrected chi connectivity index (χ0v) is 7.12. The van der Waals surface area contributed by atoms with Crippen molar-refractivity contribution >= 4 is 6.08 Å². The molecule has 1 aliphatic heterocycles. The van der Waals surface area contributed by atoms with Crippen LogP contribution in [0, 0.1) is 0 Å². The van der Waals surface area contributed by atoms with Crippen LogP contribution in [0.5, 0.6) is 0 Å². The zero-order chi connectivity index (χ0) is 8.55. The van der Waals surface area contributed by atoms with Gasteiger partial charge in [-0.1, -0.05) is 24.3 Å². The topological polar surface area (TPSA) is 29.3 Å². The molecule has 2 heteroatoms. The summed E-state index contributed by atoms with van der Waals surface area (Å²) in [4.78, 5) is 2.04. The lowest BCUT2D eigenvalue weighted by atomic mass is 10.0. The summed E-state index contributed by atoms with van der Waals surface area (Å²) in [5.74, 6) is 0.841. The lowest BCUT2D eigenvalue weighted by molar-refractivity contribution is 0.404. The highest BCUT2D eigenvalue weighted by Gasteiger charge is 2.10. The van der Waals surface area contributed by atoms with E-state index in [1.54, 1.807) is 0 Å². The summed E-state index contributed by atoms with van der Waals surface area (Å²) < 4.78 is 0. The Balaban J connectivity index is 2.49. The van der Waals surface area contributed by atoms with Crippen LogP contribution in [0.1, 0.15) is 11.1 Å². The summed E-state index contributed by atoms with van der Waals surface area (Å²) in [6.07, 6.45) is 2.01. The number of fused-ring (bicyclic) bond motifs is 1. The smallest absolute Gasteiger partial charge is 0.0992 e. The van der Waals surface area contributed by atoms with Crippen LogP contribution in [0.15, 0.2) is 30.1 Å². The van der Waals surface area contributed by atoms with Gasteiger partial charge in [0.15, 0.2) is 0 Å². The van der Waals surface area contributed by atoms with Crippen LogP contribution in [-0.2, 0) is 6.54 Å². The summed E-state index contributed by atoms with van der Waals surface area (Å²) in [6, 6.07) is 8.32. The van der Waals surface area contributed by atoms with E-state index < -0.39 is 0 Å². The van der Waals surface area contributed by atoms with E-state index in [2.05, 4.69) is 18.2 Å². The van der Waals surface area contributed by atoms with Crippen LogP contribution >= 0.6 is 0 Å². The first-order valence-corrected chi connectivity index (χ1v) is 4.03. The Morgan fingerprint density at radius 3 is 2.92 bits per heavy atom. The molecule has 0 aromatic heterocycles. The minimum absolute atomic E-state index is 0.841. The van der Waals surface area contributed by atoms with Gasteiger partial charge in [-0.15, -0.1) is 0 Å². The van der Waals surface area contributed by atoms with Crippen molar-refractivity contribution < 1.29 is 0 Å². The third kappa shape index (κ3) is 1.05. The average molecular weight is 160 g/mol. The van der Waals surface area contributed by atoms with Gasteiger partial charge in [-0.25, -0.2) is 0 Å². The highest BCUT2D eigenvalue weighted by molar-refractivity contribution is 5.57. The monoisotopic (exact) mass is 160 g/mol. The Hall–Kier alpha value is -1.44. The molecule has 0 bridgehead atoms. The van der Waals surface area contributed by atoms with Gasteiger partial charge in [0, 0.05) is 13.6 Å². The van der Waals surface area contributed by atoms with Gasteiger partial charge in [0.1, 0.15) is 0 Å². The van der Waals surface area contributed by atoms with E-state index in [4.69, 9.17) is 5.73 Å². The third-order valence-corrected chi connectivity index (χ3v) is 2.21. The number of benzene rings is 1. The molecule has 0 spiro atoms. The molecule has 0 radical (unpaired) electrons. The van der Waals surface area contributed by atoms with Crippen LogP contribution in [0.3, 0.4) is 0 Å². The molecule has 1 aromatic rings. The van der Waals surface area contributed by atoms with Crippen molar-refractivity contribution in [3.63, 3.8) is 0 Å². The molecular weight excluding hydrogens is 148 g/mol. The molecule has 1 aromatic carbocycles. The maximum absolute atomic E-state index is 5.78. The zero-order valence-electron chi connectivity index (χ0n) is 7.12. The van der Waals surface area contributed by atoms with Crippen molar-refractivity contribution in [3.8, 4) is 0 Å². The predicted molar refractivity (Wildman–Crippen MR) is 50.1 cm³/mol. The van der Waals surface area contributed by atoms with E-state index in [1.807, 2.05) is 24.1 Å². The molecule has 0 aliphatic carbocycles. The number of nitrogens with two attached hydrogens (primary N) is 1. The standard InChI is InChI=1S/C10H12N2/c1-12-7-9-5-3-2-4-8(9)6-10(12)11/h2-6H,7,11H2,1H3. The summed E-state index contributed by atoms with van der Waals surface area (Å²) in [5.41, 5.74) is 8.37. The van der Waals surface area contributed by atoms with Crippen LogP contribution in [0.4, 0.5) is 0 Å². The molecule has 12 heavy (non-hydrogen) atoms. The normalized spacial score (nSPS) is 15.4. The van der Waals surface area contributed by atoms with Gasteiger partial charge in [-0.2, -0.15) is 0 Å². The van der Waals surface area contributed by atoms with Crippen molar-refractivity contribution in [3.05, 3.63) is 41.2 Å². The molecule has 0 saturated heterocycles. The van der Waals surface area contributed by atoms with E-state index in [1.165, 1.54) is 11.1 Å². The van der Waals surface area contributed by atoms with Gasteiger partial charge in [0.2, 0.25) is 0 Å². The maximum Gasteiger partial charge on any atom is 0.0992 e. The van der Waals surface area contributed by atoms with E-state index >= 15 is 0 Å². The highest BCUT2D eigenvalue weighted by atomic mass is 15.2. The van der Waals surface area contributed by atoms with Crippen molar-refractivity contribution in [2.24, 2.45) is 5.73 Å². The fourth-order valence-electron chi connectivity index (χ4n) is 1.44. The molecule has 0 atom stereocenters. The average Bonchev–Trinajstić information content (AvgIpc) is 2.07. The minimum Gasteiger partial charge on any atom is -0.385 e. The number of hydrogen-bond donors (Lipinski definition) is 1. The van der Waals surface area contributed by atoms with E-state index in [0.717, 1.165) is 12.4 Å². The van der Waals surface area contributed by atoms with Gasteiger partial charge >= 0.3 is 0 Å². The summed E-state index contributed by atoms with van der Waals surface area (Å²) >= 11 is 0. The summed E-state index contributed by atoms with van der Waals surface area (Å²) in [7, 11) is 2.00. The Morgan fingerprint density at radius 1 is 1.33 bits per heavy atom. The van der Waals surface area contributed by atoms with Crippen LogP contribution in [0.2, 0.25) is 0 Å². The van der Waals surface area contributed by atoms with Gasteiger partial charge < -0.3 is 10.6 Å². The van der Waals surface area contributed by atoms with Gasteiger partial charge in [-0.3, -0.25) is 0 Å². The summed E-state index contributed by atoms with van der Waals surface area (Å²) in [5, 5.41) is 0. The molecule has 0 saturated carbocycles. The fourth-order valence-corrected chi connectivity index (χ4v) is 1.44. The first kappa shape index (κ1) is 7.22. The molecule has 0 fully saturated rings. The van der Waals surface area contributed by atoms with E-state index in [9.17, 15) is 0 Å². The second-order valence-electron chi connectivity index (χ2n) is 3.12. The second-order valence-corrected chi connectivity index (χ2v) is 3.12. The molecule has 62 valence electrons. The Kier molecular flexibility index (Phi) is 1.54. The number of rotatable bonds is 0. The lowest BCUT2D eigenvalue weighted by Gasteiger charge is -2.25. The van der Waals surface area contributed by atoms with Crippen molar-refractivity contribution in [1.82, 2.24) is 4.90 Å². The number of nitrogens with zero attached hydrogens (tertiary/aromatic N) is 1. The maximum atomic E-state index is 5.78. The van der Waals surface area contributed by atoms with Gasteiger partial charge in [0.25, 0.3) is 0 Å². The molecule has 2 rings (SSSR count). The Bertz CT molecular complexity index is 328. The lowest BCUT2D eigenvalue weighted by Crippen LogP contribution is -2.25. The molecule has 1 heterocycles. The van der Waals surface area contributed by atoms with Crippen molar-refractivity contribution in [2.45, 2.75) is 6.54 Å². The largest absolute Gasteiger partial charge is 0.385 e. The van der Waals surface area contributed by atoms with Crippen LogP contribution in [0.25, 0.3) is 6.08 Å². The third-order valence-electron chi connectivity index (χ3n) is 2.21. The van der Waals surface area contributed by atoms with Gasteiger partial charge in [-0.05, 0) is 17.2 Å². The second kappa shape index (κ2) is 2.55. The molecule has 2 nitrogen and oxygen atoms in total. The molecule has 1 aliphatic rings. The fraction of sp³-hybridized carbons (Fsp3) is 0.200. The predicted octanol–water partition coefficient (Wildman–Crippen LogP) is 1.39. The van der Waals surface area contributed by atoms with Crippen molar-refractivity contribution in [1.29, 1.82) is 0 Å². The van der Waals surface area contributed by atoms with Crippen LogP contribution in [-0.4, -0.2) is 11.9 Å².